The summed E-state index contributed by atoms with van der Waals surface area (Å²) >= 11 is 0. The molecular weight excluding hydrogens is 324 g/mol. The van der Waals surface area contributed by atoms with E-state index in [1.807, 2.05) is 38.1 Å². The number of hydrogen-bond acceptors (Lipinski definition) is 3. The second-order valence-electron chi connectivity index (χ2n) is 7.63. The van der Waals surface area contributed by atoms with E-state index in [1.54, 1.807) is 13.2 Å². The fourth-order valence-corrected chi connectivity index (χ4v) is 3.39. The van der Waals surface area contributed by atoms with E-state index in [-0.39, 0.29) is 17.1 Å². The molecule has 1 aliphatic rings. The molecule has 2 atom stereocenters. The molecule has 3 nitrogen and oxygen atoms in total. The van der Waals surface area contributed by atoms with E-state index >= 15 is 0 Å². The second-order valence-corrected chi connectivity index (χ2v) is 7.63. The van der Waals surface area contributed by atoms with Crippen LogP contribution in [-0.2, 0) is 16.1 Å². The molecule has 0 saturated heterocycles. The van der Waals surface area contributed by atoms with Gasteiger partial charge >= 0.3 is 0 Å². The molecule has 0 N–H and O–H groups in total. The SMILES string of the molecule is C=CC(C)C(=O)C1=C(C(=C)C)C[C@](C)(COCc2ccc(OC)cc2)C1. The minimum atomic E-state index is -0.165. The monoisotopic (exact) mass is 354 g/mol. The topological polar surface area (TPSA) is 35.5 Å². The minimum absolute atomic E-state index is 0.0767. The van der Waals surface area contributed by atoms with Gasteiger partial charge in [0.05, 0.1) is 20.3 Å². The molecule has 0 aliphatic heterocycles. The summed E-state index contributed by atoms with van der Waals surface area (Å²) in [6.07, 6.45) is 3.27. The maximum Gasteiger partial charge on any atom is 0.165 e. The van der Waals surface area contributed by atoms with Crippen molar-refractivity contribution in [1.29, 1.82) is 0 Å². The van der Waals surface area contributed by atoms with Crippen LogP contribution in [0, 0.1) is 11.3 Å². The van der Waals surface area contributed by atoms with Crippen LogP contribution in [0.4, 0.5) is 0 Å². The Balaban J connectivity index is 2.00. The summed E-state index contributed by atoms with van der Waals surface area (Å²) < 4.78 is 11.2. The van der Waals surface area contributed by atoms with Crippen molar-refractivity contribution in [1.82, 2.24) is 0 Å². The van der Waals surface area contributed by atoms with Gasteiger partial charge in [0.25, 0.3) is 0 Å². The fourth-order valence-electron chi connectivity index (χ4n) is 3.39. The number of carbonyl (C=O) groups excluding carboxylic acids is 1. The van der Waals surface area contributed by atoms with E-state index in [0.717, 1.165) is 40.9 Å². The molecule has 0 amide bonds. The van der Waals surface area contributed by atoms with Crippen molar-refractivity contribution in [2.45, 2.75) is 40.2 Å². The van der Waals surface area contributed by atoms with Crippen molar-refractivity contribution >= 4 is 5.78 Å². The summed E-state index contributed by atoms with van der Waals surface area (Å²) in [5.41, 5.74) is 4.01. The molecule has 1 aromatic rings. The van der Waals surface area contributed by atoms with Gasteiger partial charge < -0.3 is 9.47 Å². The summed E-state index contributed by atoms with van der Waals surface area (Å²) in [5, 5.41) is 0. The van der Waals surface area contributed by atoms with Crippen LogP contribution in [0.1, 0.15) is 39.2 Å². The Morgan fingerprint density at radius 1 is 1.27 bits per heavy atom. The number of allylic oxidation sites excluding steroid dienone is 4. The lowest BCUT2D eigenvalue weighted by atomic mass is 9.85. The van der Waals surface area contributed by atoms with Crippen molar-refractivity contribution in [3.63, 3.8) is 0 Å². The van der Waals surface area contributed by atoms with E-state index in [0.29, 0.717) is 13.2 Å². The molecule has 1 aliphatic carbocycles. The van der Waals surface area contributed by atoms with Crippen molar-refractivity contribution in [3.8, 4) is 5.75 Å². The summed E-state index contributed by atoms with van der Waals surface area (Å²) in [7, 11) is 1.66. The van der Waals surface area contributed by atoms with Gasteiger partial charge in [0, 0.05) is 5.92 Å². The van der Waals surface area contributed by atoms with Gasteiger partial charge in [-0.25, -0.2) is 0 Å². The van der Waals surface area contributed by atoms with Crippen LogP contribution >= 0.6 is 0 Å². The Bertz CT molecular complexity index is 711. The predicted molar refractivity (Wildman–Crippen MR) is 106 cm³/mol. The van der Waals surface area contributed by atoms with Crippen molar-refractivity contribution in [2.75, 3.05) is 13.7 Å². The van der Waals surface area contributed by atoms with E-state index < -0.39 is 0 Å². The van der Waals surface area contributed by atoms with Gasteiger partial charge in [0.1, 0.15) is 5.75 Å². The number of Topliss-reactive ketones (excluding diaryl/α,β-unsaturated/α-hetero) is 1. The quantitative estimate of drug-likeness (QED) is 0.566. The number of hydrogen-bond donors (Lipinski definition) is 0. The highest BCUT2D eigenvalue weighted by atomic mass is 16.5. The number of benzene rings is 1. The van der Waals surface area contributed by atoms with Gasteiger partial charge in [-0.3, -0.25) is 4.79 Å². The molecule has 1 unspecified atom stereocenters. The maximum atomic E-state index is 12.7. The average Bonchev–Trinajstić information content (AvgIpc) is 2.99. The Morgan fingerprint density at radius 2 is 1.88 bits per heavy atom. The lowest BCUT2D eigenvalue weighted by molar-refractivity contribution is -0.117. The van der Waals surface area contributed by atoms with E-state index in [2.05, 4.69) is 20.1 Å². The fraction of sp³-hybridized carbons (Fsp3) is 0.435. The highest BCUT2D eigenvalue weighted by Gasteiger charge is 2.38. The van der Waals surface area contributed by atoms with Gasteiger partial charge in [0.2, 0.25) is 0 Å². The molecule has 2 rings (SSSR count). The van der Waals surface area contributed by atoms with Gasteiger partial charge in [-0.05, 0) is 54.0 Å². The highest BCUT2D eigenvalue weighted by molar-refractivity contribution is 6.00. The predicted octanol–water partition coefficient (Wildman–Crippen LogP) is 5.28. The first kappa shape index (κ1) is 20.2. The number of carbonyl (C=O) groups is 1. The van der Waals surface area contributed by atoms with Crippen molar-refractivity contribution < 1.29 is 14.3 Å². The zero-order chi connectivity index (χ0) is 19.3. The number of rotatable bonds is 9. The zero-order valence-corrected chi connectivity index (χ0v) is 16.4. The number of methoxy groups -OCH3 is 1. The third-order valence-corrected chi connectivity index (χ3v) is 5.03. The number of ether oxygens (including phenoxy) is 2. The first-order chi connectivity index (χ1) is 12.3. The van der Waals surface area contributed by atoms with Crippen LogP contribution in [0.3, 0.4) is 0 Å². The molecule has 0 radical (unpaired) electrons. The van der Waals surface area contributed by atoms with Gasteiger partial charge in [-0.1, -0.05) is 44.2 Å². The highest BCUT2D eigenvalue weighted by Crippen LogP contribution is 2.45. The zero-order valence-electron chi connectivity index (χ0n) is 16.4. The largest absolute Gasteiger partial charge is 0.497 e. The third-order valence-electron chi connectivity index (χ3n) is 5.03. The molecular formula is C23H30O3. The Kier molecular flexibility index (Phi) is 6.60. The molecule has 0 bridgehead atoms. The molecule has 1 aromatic carbocycles. The Hall–Kier alpha value is -2.13. The first-order valence-corrected chi connectivity index (χ1v) is 9.05. The normalized spacial score (nSPS) is 20.8. The smallest absolute Gasteiger partial charge is 0.165 e. The van der Waals surface area contributed by atoms with Crippen LogP contribution in [0.2, 0.25) is 0 Å². The summed E-state index contributed by atoms with van der Waals surface area (Å²) in [4.78, 5) is 12.7. The van der Waals surface area contributed by atoms with Gasteiger partial charge in [0.15, 0.2) is 5.78 Å². The molecule has 3 heteroatoms. The Labute approximate surface area is 157 Å². The molecule has 0 fully saturated rings. The molecule has 0 spiro atoms. The van der Waals surface area contributed by atoms with E-state index in [4.69, 9.17) is 9.47 Å². The van der Waals surface area contributed by atoms with Crippen LogP contribution < -0.4 is 4.74 Å². The standard InChI is InChI=1S/C23H30O3/c1-7-17(4)22(24)21-13-23(5,12-20(21)16(2)3)15-26-14-18-8-10-19(25-6)11-9-18/h7-11,17H,1-2,12-15H2,3-6H3/t17?,23-/m0/s1. The van der Waals surface area contributed by atoms with Crippen LogP contribution in [0.5, 0.6) is 5.75 Å². The van der Waals surface area contributed by atoms with Gasteiger partial charge in [-0.15, -0.1) is 6.58 Å². The first-order valence-electron chi connectivity index (χ1n) is 9.05. The van der Waals surface area contributed by atoms with Crippen LogP contribution in [-0.4, -0.2) is 19.5 Å². The molecule has 0 saturated carbocycles. The van der Waals surface area contributed by atoms with Crippen LogP contribution in [0.25, 0.3) is 0 Å². The minimum Gasteiger partial charge on any atom is -0.497 e. The molecule has 26 heavy (non-hydrogen) atoms. The van der Waals surface area contributed by atoms with E-state index in [9.17, 15) is 4.79 Å². The summed E-state index contributed by atoms with van der Waals surface area (Å²) in [5.74, 6) is 0.838. The van der Waals surface area contributed by atoms with Crippen molar-refractivity contribution in [2.24, 2.45) is 11.3 Å². The maximum absolute atomic E-state index is 12.7. The molecule has 140 valence electrons. The molecule has 0 aromatic heterocycles. The lowest BCUT2D eigenvalue weighted by Crippen LogP contribution is -2.22. The number of ketones is 1. The summed E-state index contributed by atoms with van der Waals surface area (Å²) in [6, 6.07) is 7.89. The third kappa shape index (κ3) is 4.73. The Morgan fingerprint density at radius 3 is 2.42 bits per heavy atom. The van der Waals surface area contributed by atoms with Crippen molar-refractivity contribution in [3.05, 3.63) is 65.8 Å². The average molecular weight is 354 g/mol. The van der Waals surface area contributed by atoms with Gasteiger partial charge in [-0.2, -0.15) is 0 Å². The second kappa shape index (κ2) is 8.50. The van der Waals surface area contributed by atoms with E-state index in [1.165, 1.54) is 0 Å². The lowest BCUT2D eigenvalue weighted by Gasteiger charge is -2.24. The summed E-state index contributed by atoms with van der Waals surface area (Å²) in [6.45, 7) is 15.0. The van der Waals surface area contributed by atoms with Crippen LogP contribution in [0.15, 0.2) is 60.2 Å². The molecule has 0 heterocycles.